The highest BCUT2D eigenvalue weighted by molar-refractivity contribution is 7.92. The van der Waals surface area contributed by atoms with E-state index < -0.39 is 14.9 Å². The largest absolute Gasteiger partial charge is 0.393 e. The zero-order chi connectivity index (χ0) is 15.6. The molecule has 2 rings (SSSR count). The molecule has 3 N–H and O–H groups in total. The monoisotopic (exact) mass is 327 g/mol. The van der Waals surface area contributed by atoms with Crippen LogP contribution in [0.4, 0.5) is 17.1 Å². The van der Waals surface area contributed by atoms with Crippen LogP contribution in [0.15, 0.2) is 47.4 Å². The summed E-state index contributed by atoms with van der Waals surface area (Å²) in [4.78, 5) is 9.81. The molecule has 2 aromatic carbocycles. The average Bonchev–Trinajstić information content (AvgIpc) is 2.40. The molecule has 0 saturated carbocycles. The van der Waals surface area contributed by atoms with E-state index in [1.54, 1.807) is 0 Å². The fraction of sp³-hybridized carbons (Fsp3) is 0. The van der Waals surface area contributed by atoms with E-state index in [1.165, 1.54) is 24.3 Å². The van der Waals surface area contributed by atoms with Gasteiger partial charge in [0.25, 0.3) is 15.7 Å². The number of nitrogen functional groups attached to an aromatic ring is 1. The van der Waals surface area contributed by atoms with Gasteiger partial charge in [-0.05, 0) is 36.4 Å². The van der Waals surface area contributed by atoms with Gasteiger partial charge in [-0.25, -0.2) is 8.42 Å². The summed E-state index contributed by atoms with van der Waals surface area (Å²) in [5, 5.41) is 11.1. The summed E-state index contributed by atoms with van der Waals surface area (Å²) in [6, 6.07) is 9.26. The summed E-state index contributed by atoms with van der Waals surface area (Å²) in [6.07, 6.45) is 0. The molecule has 0 atom stereocenters. The lowest BCUT2D eigenvalue weighted by Gasteiger charge is -2.08. The van der Waals surface area contributed by atoms with E-state index in [4.69, 9.17) is 17.3 Å². The quantitative estimate of drug-likeness (QED) is 0.508. The number of nitrogens with zero attached hydrogens (tertiary/aromatic N) is 1. The first-order chi connectivity index (χ1) is 9.79. The number of nitro groups is 1. The van der Waals surface area contributed by atoms with E-state index in [0.717, 1.165) is 18.2 Å². The second-order valence-corrected chi connectivity index (χ2v) is 6.21. The number of sulfonamides is 1. The van der Waals surface area contributed by atoms with Crippen molar-refractivity contribution in [1.82, 2.24) is 0 Å². The zero-order valence-electron chi connectivity index (χ0n) is 10.5. The van der Waals surface area contributed by atoms with Gasteiger partial charge in [-0.1, -0.05) is 11.6 Å². The fourth-order valence-electron chi connectivity index (χ4n) is 1.60. The summed E-state index contributed by atoms with van der Waals surface area (Å²) in [6.45, 7) is 0. The van der Waals surface area contributed by atoms with E-state index in [0.29, 0.717) is 10.7 Å². The third-order valence-corrected chi connectivity index (χ3v) is 4.23. The first kappa shape index (κ1) is 15.1. The minimum atomic E-state index is -3.89. The minimum Gasteiger partial charge on any atom is -0.393 e. The molecule has 21 heavy (non-hydrogen) atoms. The summed E-state index contributed by atoms with van der Waals surface area (Å²) >= 11 is 5.71. The Morgan fingerprint density at radius 3 is 2.29 bits per heavy atom. The van der Waals surface area contributed by atoms with Gasteiger partial charge in [0.05, 0.1) is 9.82 Å². The van der Waals surface area contributed by atoms with Crippen LogP contribution >= 0.6 is 11.6 Å². The van der Waals surface area contributed by atoms with Crippen LogP contribution in [0.25, 0.3) is 0 Å². The number of anilines is 2. The molecule has 0 aliphatic rings. The average molecular weight is 328 g/mol. The molecule has 0 amide bonds. The van der Waals surface area contributed by atoms with E-state index in [2.05, 4.69) is 4.72 Å². The molecule has 0 heterocycles. The number of nitrogens with two attached hydrogens (primary N) is 1. The van der Waals surface area contributed by atoms with Gasteiger partial charge in [-0.3, -0.25) is 14.8 Å². The maximum atomic E-state index is 12.2. The second-order valence-electron chi connectivity index (χ2n) is 4.09. The summed E-state index contributed by atoms with van der Waals surface area (Å²) in [5.74, 6) is 0. The Balaban J connectivity index is 2.33. The van der Waals surface area contributed by atoms with E-state index in [9.17, 15) is 18.5 Å². The Bertz CT molecular complexity index is 791. The molecule has 110 valence electrons. The van der Waals surface area contributed by atoms with Crippen LogP contribution in [-0.2, 0) is 10.0 Å². The second kappa shape index (κ2) is 5.58. The van der Waals surface area contributed by atoms with Crippen LogP contribution in [0.3, 0.4) is 0 Å². The third kappa shape index (κ3) is 3.41. The number of rotatable bonds is 4. The van der Waals surface area contributed by atoms with E-state index >= 15 is 0 Å². The Kier molecular flexibility index (Phi) is 4.01. The normalized spacial score (nSPS) is 11.1. The van der Waals surface area contributed by atoms with Gasteiger partial charge in [0.15, 0.2) is 0 Å². The number of halogens is 1. The van der Waals surface area contributed by atoms with Crippen LogP contribution in [-0.4, -0.2) is 13.3 Å². The minimum absolute atomic E-state index is 0.166. The Morgan fingerprint density at radius 2 is 1.76 bits per heavy atom. The SMILES string of the molecule is Nc1cc(S(=O)(=O)Nc2ccc(Cl)cc2)ccc1[N+](=O)[O-]. The van der Waals surface area contributed by atoms with Gasteiger partial charge in [0.1, 0.15) is 5.69 Å². The smallest absolute Gasteiger partial charge is 0.292 e. The van der Waals surface area contributed by atoms with Crippen molar-refractivity contribution < 1.29 is 13.3 Å². The molecular weight excluding hydrogens is 318 g/mol. The molecular formula is C12H10ClN3O4S. The summed E-state index contributed by atoms with van der Waals surface area (Å²) in [5.41, 5.74) is 5.23. The van der Waals surface area contributed by atoms with Crippen LogP contribution in [0.5, 0.6) is 0 Å². The molecule has 0 bridgehead atoms. The molecule has 7 nitrogen and oxygen atoms in total. The topological polar surface area (TPSA) is 115 Å². The van der Waals surface area contributed by atoms with Gasteiger partial charge in [-0.2, -0.15) is 0 Å². The lowest BCUT2D eigenvalue weighted by atomic mass is 10.3. The summed E-state index contributed by atoms with van der Waals surface area (Å²) < 4.78 is 26.6. The number of nitro benzene ring substituents is 1. The first-order valence-electron chi connectivity index (χ1n) is 5.62. The van der Waals surface area contributed by atoms with Gasteiger partial charge < -0.3 is 5.73 Å². The Hall–Kier alpha value is -2.32. The van der Waals surface area contributed by atoms with Crippen LogP contribution in [0.1, 0.15) is 0 Å². The molecule has 0 radical (unpaired) electrons. The van der Waals surface area contributed by atoms with Crippen molar-refractivity contribution >= 4 is 38.7 Å². The van der Waals surface area contributed by atoms with Crippen molar-refractivity contribution in [1.29, 1.82) is 0 Å². The third-order valence-electron chi connectivity index (χ3n) is 2.60. The first-order valence-corrected chi connectivity index (χ1v) is 7.48. The number of benzene rings is 2. The van der Waals surface area contributed by atoms with Crippen molar-refractivity contribution in [2.24, 2.45) is 0 Å². The lowest BCUT2D eigenvalue weighted by molar-refractivity contribution is -0.383. The molecule has 0 saturated heterocycles. The molecule has 0 aliphatic carbocycles. The van der Waals surface area contributed by atoms with Gasteiger partial charge in [-0.15, -0.1) is 0 Å². The Labute approximate surface area is 125 Å². The van der Waals surface area contributed by atoms with Crippen LogP contribution in [0, 0.1) is 10.1 Å². The van der Waals surface area contributed by atoms with Crippen LogP contribution in [0.2, 0.25) is 5.02 Å². The van der Waals surface area contributed by atoms with Gasteiger partial charge in [0, 0.05) is 16.8 Å². The van der Waals surface area contributed by atoms with Crippen molar-refractivity contribution in [2.45, 2.75) is 4.90 Å². The maximum Gasteiger partial charge on any atom is 0.292 e. The predicted molar refractivity (Wildman–Crippen MR) is 79.8 cm³/mol. The molecule has 0 aliphatic heterocycles. The Morgan fingerprint density at radius 1 is 1.14 bits per heavy atom. The van der Waals surface area contributed by atoms with Crippen LogP contribution < -0.4 is 10.5 Å². The van der Waals surface area contributed by atoms with Crippen molar-refractivity contribution in [3.8, 4) is 0 Å². The molecule has 9 heteroatoms. The molecule has 0 unspecified atom stereocenters. The van der Waals surface area contributed by atoms with Crippen molar-refractivity contribution in [3.05, 3.63) is 57.6 Å². The molecule has 0 fully saturated rings. The molecule has 2 aromatic rings. The predicted octanol–water partition coefficient (Wildman–Crippen LogP) is 2.63. The van der Waals surface area contributed by atoms with E-state index in [-0.39, 0.29) is 16.3 Å². The van der Waals surface area contributed by atoms with Crippen molar-refractivity contribution in [3.63, 3.8) is 0 Å². The highest BCUT2D eigenvalue weighted by Crippen LogP contribution is 2.26. The summed E-state index contributed by atoms with van der Waals surface area (Å²) in [7, 11) is -3.89. The van der Waals surface area contributed by atoms with Gasteiger partial charge in [0.2, 0.25) is 0 Å². The highest BCUT2D eigenvalue weighted by atomic mass is 35.5. The zero-order valence-corrected chi connectivity index (χ0v) is 12.1. The van der Waals surface area contributed by atoms with Crippen molar-refractivity contribution in [2.75, 3.05) is 10.5 Å². The van der Waals surface area contributed by atoms with Gasteiger partial charge >= 0.3 is 0 Å². The highest BCUT2D eigenvalue weighted by Gasteiger charge is 2.19. The number of nitrogens with one attached hydrogen (secondary N) is 1. The number of hydrogen-bond donors (Lipinski definition) is 2. The lowest BCUT2D eigenvalue weighted by Crippen LogP contribution is -2.13. The maximum absolute atomic E-state index is 12.2. The molecule has 0 spiro atoms. The number of hydrogen-bond acceptors (Lipinski definition) is 5. The standard InChI is InChI=1S/C12H10ClN3O4S/c13-8-1-3-9(4-2-8)15-21(19,20)10-5-6-12(16(17)18)11(14)7-10/h1-7,15H,14H2. The van der Waals surface area contributed by atoms with E-state index in [1.807, 2.05) is 0 Å². The fourth-order valence-corrected chi connectivity index (χ4v) is 2.82. The molecule has 0 aromatic heterocycles.